The van der Waals surface area contributed by atoms with Crippen molar-refractivity contribution < 1.29 is 19.4 Å². The number of hydrogen-bond donors (Lipinski definition) is 2. The number of methoxy groups -OCH3 is 1. The van der Waals surface area contributed by atoms with Crippen molar-refractivity contribution in [1.82, 2.24) is 4.90 Å². The minimum atomic E-state index is -0.970. The number of hydrogen-bond acceptors (Lipinski definition) is 4. The summed E-state index contributed by atoms with van der Waals surface area (Å²) in [6, 6.07) is 6.31. The van der Waals surface area contributed by atoms with Crippen LogP contribution in [0.4, 0.5) is 10.5 Å². The average Bonchev–Trinajstić information content (AvgIpc) is 2.96. The van der Waals surface area contributed by atoms with Crippen molar-refractivity contribution in [3.8, 4) is 0 Å². The van der Waals surface area contributed by atoms with Gasteiger partial charge in [-0.15, -0.1) is 11.8 Å². The summed E-state index contributed by atoms with van der Waals surface area (Å²) in [4.78, 5) is 24.7. The molecule has 7 heteroatoms. The summed E-state index contributed by atoms with van der Waals surface area (Å²) in [5.74, 6) is -0.153. The van der Waals surface area contributed by atoms with Gasteiger partial charge in [0.25, 0.3) is 0 Å². The highest BCUT2D eigenvalue weighted by molar-refractivity contribution is 7.99. The number of para-hydroxylation sites is 1. The standard InChI is InChI=1S/C14H18N2O4S/c1-20-7-6-10-4-2-3-5-11(10)15-14(19)16-9-21-8-12(16)13(17)18/h2-5,12H,6-9H2,1H3,(H,15,19)(H,17,18)/t12-/m0/s1. The van der Waals surface area contributed by atoms with Gasteiger partial charge < -0.3 is 20.1 Å². The first-order chi connectivity index (χ1) is 10.1. The Morgan fingerprint density at radius 1 is 1.48 bits per heavy atom. The van der Waals surface area contributed by atoms with E-state index in [1.165, 1.54) is 16.7 Å². The Kier molecular flexibility index (Phi) is 5.46. The van der Waals surface area contributed by atoms with Crippen LogP contribution in [-0.4, -0.2) is 53.4 Å². The Hall–Kier alpha value is -1.73. The second kappa shape index (κ2) is 7.33. The number of benzene rings is 1. The van der Waals surface area contributed by atoms with E-state index < -0.39 is 12.0 Å². The number of urea groups is 1. The molecule has 6 nitrogen and oxygen atoms in total. The van der Waals surface area contributed by atoms with Crippen LogP contribution in [0.25, 0.3) is 0 Å². The minimum Gasteiger partial charge on any atom is -0.480 e. The molecule has 0 spiro atoms. The number of carbonyl (C=O) groups excluding carboxylic acids is 1. The predicted octanol–water partition coefficient (Wildman–Crippen LogP) is 1.87. The van der Waals surface area contributed by atoms with Gasteiger partial charge in [-0.1, -0.05) is 18.2 Å². The Bertz CT molecular complexity index is 523. The number of rotatable bonds is 5. The molecule has 114 valence electrons. The normalized spacial score (nSPS) is 17.8. The molecule has 2 rings (SSSR count). The first-order valence-corrected chi connectivity index (χ1v) is 7.74. The Morgan fingerprint density at radius 2 is 2.24 bits per heavy atom. The summed E-state index contributed by atoms with van der Waals surface area (Å²) in [6.07, 6.45) is 0.685. The number of carboxylic acids is 1. The molecule has 0 bridgehead atoms. The van der Waals surface area contributed by atoms with Gasteiger partial charge in [-0.25, -0.2) is 9.59 Å². The van der Waals surface area contributed by atoms with E-state index >= 15 is 0 Å². The molecule has 1 aliphatic heterocycles. The number of nitrogens with zero attached hydrogens (tertiary/aromatic N) is 1. The van der Waals surface area contributed by atoms with E-state index in [0.29, 0.717) is 30.3 Å². The Labute approximate surface area is 127 Å². The smallest absolute Gasteiger partial charge is 0.327 e. The van der Waals surface area contributed by atoms with E-state index in [1.807, 2.05) is 24.3 Å². The van der Waals surface area contributed by atoms with Crippen molar-refractivity contribution in [3.63, 3.8) is 0 Å². The molecule has 2 amide bonds. The van der Waals surface area contributed by atoms with E-state index in [9.17, 15) is 9.59 Å². The monoisotopic (exact) mass is 310 g/mol. The first-order valence-electron chi connectivity index (χ1n) is 6.58. The quantitative estimate of drug-likeness (QED) is 0.868. The number of amides is 2. The highest BCUT2D eigenvalue weighted by Crippen LogP contribution is 2.23. The lowest BCUT2D eigenvalue weighted by atomic mass is 10.1. The molecule has 0 aromatic heterocycles. The summed E-state index contributed by atoms with van der Waals surface area (Å²) >= 11 is 1.44. The van der Waals surface area contributed by atoms with Gasteiger partial charge in [-0.05, 0) is 18.1 Å². The number of carbonyl (C=O) groups is 2. The van der Waals surface area contributed by atoms with Crippen molar-refractivity contribution in [2.45, 2.75) is 12.5 Å². The van der Waals surface area contributed by atoms with Crippen LogP contribution < -0.4 is 5.32 Å². The maximum Gasteiger partial charge on any atom is 0.327 e. The molecule has 21 heavy (non-hydrogen) atoms. The summed E-state index contributed by atoms with van der Waals surface area (Å²) in [6.45, 7) is 0.560. The van der Waals surface area contributed by atoms with E-state index in [2.05, 4.69) is 5.32 Å². The zero-order valence-electron chi connectivity index (χ0n) is 11.7. The molecular weight excluding hydrogens is 292 g/mol. The molecule has 1 aromatic rings. The molecule has 1 heterocycles. The van der Waals surface area contributed by atoms with Crippen LogP contribution in [0, 0.1) is 0 Å². The molecule has 0 unspecified atom stereocenters. The first kappa shape index (κ1) is 15.7. The molecule has 1 fully saturated rings. The van der Waals surface area contributed by atoms with Gasteiger partial charge in [0, 0.05) is 18.6 Å². The van der Waals surface area contributed by atoms with E-state index in [1.54, 1.807) is 7.11 Å². The van der Waals surface area contributed by atoms with Crippen molar-refractivity contribution in [1.29, 1.82) is 0 Å². The van der Waals surface area contributed by atoms with Gasteiger partial charge in [-0.2, -0.15) is 0 Å². The summed E-state index contributed by atoms with van der Waals surface area (Å²) in [5.41, 5.74) is 1.66. The zero-order chi connectivity index (χ0) is 15.2. The lowest BCUT2D eigenvalue weighted by molar-refractivity contribution is -0.140. The molecule has 0 saturated carbocycles. The predicted molar refractivity (Wildman–Crippen MR) is 81.6 cm³/mol. The third-order valence-corrected chi connectivity index (χ3v) is 4.27. The number of nitrogens with one attached hydrogen (secondary N) is 1. The van der Waals surface area contributed by atoms with Gasteiger partial charge in [0.2, 0.25) is 0 Å². The van der Waals surface area contributed by atoms with Gasteiger partial charge in [0.1, 0.15) is 6.04 Å². The van der Waals surface area contributed by atoms with Crippen molar-refractivity contribution in [2.75, 3.05) is 30.7 Å². The highest BCUT2D eigenvalue weighted by atomic mass is 32.2. The number of carboxylic acid groups (broad SMARTS) is 1. The Balaban J connectivity index is 2.07. The van der Waals surface area contributed by atoms with Gasteiger partial charge in [-0.3, -0.25) is 0 Å². The molecule has 0 radical (unpaired) electrons. The SMILES string of the molecule is COCCc1ccccc1NC(=O)N1CSC[C@H]1C(=O)O. The van der Waals surface area contributed by atoms with Gasteiger partial charge >= 0.3 is 12.0 Å². The van der Waals surface area contributed by atoms with Crippen LogP contribution in [0.5, 0.6) is 0 Å². The third kappa shape index (κ3) is 3.89. The fourth-order valence-corrected chi connectivity index (χ4v) is 3.25. The number of aliphatic carboxylic acids is 1. The third-order valence-electron chi connectivity index (χ3n) is 3.26. The van der Waals surface area contributed by atoms with Crippen molar-refractivity contribution in [2.24, 2.45) is 0 Å². The van der Waals surface area contributed by atoms with E-state index in [4.69, 9.17) is 9.84 Å². The van der Waals surface area contributed by atoms with E-state index in [-0.39, 0.29) is 6.03 Å². The second-order valence-electron chi connectivity index (χ2n) is 4.65. The molecule has 1 aromatic carbocycles. The summed E-state index contributed by atoms with van der Waals surface area (Å²) < 4.78 is 5.05. The molecule has 1 atom stereocenters. The molecular formula is C14H18N2O4S. The topological polar surface area (TPSA) is 78.9 Å². The molecule has 1 saturated heterocycles. The van der Waals surface area contributed by atoms with Crippen LogP contribution in [0.15, 0.2) is 24.3 Å². The average molecular weight is 310 g/mol. The van der Waals surface area contributed by atoms with Crippen LogP contribution in [0.3, 0.4) is 0 Å². The lowest BCUT2D eigenvalue weighted by Gasteiger charge is -2.21. The van der Waals surface area contributed by atoms with Gasteiger partial charge in [0.15, 0.2) is 0 Å². The molecule has 0 aliphatic carbocycles. The summed E-state index contributed by atoms with van der Waals surface area (Å²) in [5, 5.41) is 11.9. The van der Waals surface area contributed by atoms with Crippen LogP contribution >= 0.6 is 11.8 Å². The van der Waals surface area contributed by atoms with Crippen LogP contribution in [0.1, 0.15) is 5.56 Å². The largest absolute Gasteiger partial charge is 0.480 e. The van der Waals surface area contributed by atoms with E-state index in [0.717, 1.165) is 5.56 Å². The maximum atomic E-state index is 12.3. The minimum absolute atomic E-state index is 0.378. The maximum absolute atomic E-state index is 12.3. The summed E-state index contributed by atoms with van der Waals surface area (Å²) in [7, 11) is 1.63. The second-order valence-corrected chi connectivity index (χ2v) is 5.65. The van der Waals surface area contributed by atoms with Gasteiger partial charge in [0.05, 0.1) is 12.5 Å². The fourth-order valence-electron chi connectivity index (χ4n) is 2.11. The lowest BCUT2D eigenvalue weighted by Crippen LogP contribution is -2.44. The number of anilines is 1. The molecule has 1 aliphatic rings. The number of thioether (sulfide) groups is 1. The van der Waals surface area contributed by atoms with Crippen molar-refractivity contribution in [3.05, 3.63) is 29.8 Å². The van der Waals surface area contributed by atoms with Crippen LogP contribution in [0.2, 0.25) is 0 Å². The van der Waals surface area contributed by atoms with Crippen LogP contribution in [-0.2, 0) is 16.0 Å². The fraction of sp³-hybridized carbons (Fsp3) is 0.429. The number of ether oxygens (including phenoxy) is 1. The highest BCUT2D eigenvalue weighted by Gasteiger charge is 2.34. The van der Waals surface area contributed by atoms with Crippen molar-refractivity contribution >= 4 is 29.4 Å². The zero-order valence-corrected chi connectivity index (χ0v) is 12.6. The Morgan fingerprint density at radius 3 is 2.95 bits per heavy atom. The molecule has 2 N–H and O–H groups in total.